The van der Waals surface area contributed by atoms with Crippen LogP contribution < -0.4 is 28.6 Å². The summed E-state index contributed by atoms with van der Waals surface area (Å²) in [6, 6.07) is 9.82. The third-order valence-corrected chi connectivity index (χ3v) is 5.92. The van der Waals surface area contributed by atoms with Crippen LogP contribution in [0.4, 0.5) is 5.69 Å². The van der Waals surface area contributed by atoms with Crippen molar-refractivity contribution in [1.29, 1.82) is 0 Å². The molecule has 0 spiro atoms. The molecule has 0 radical (unpaired) electrons. The van der Waals surface area contributed by atoms with Crippen LogP contribution in [0.2, 0.25) is 0 Å². The SMILES string of the molecule is C[C@H](NC(=O)CN(c1ccc2c(c1)OCO2)S(C)(=O)=O)c1ccc2c(c1)OCCO2. The number of benzene rings is 2. The van der Waals surface area contributed by atoms with Crippen LogP contribution in [0.3, 0.4) is 0 Å². The number of hydrogen-bond donors (Lipinski definition) is 1. The summed E-state index contributed by atoms with van der Waals surface area (Å²) < 4.78 is 47.3. The van der Waals surface area contributed by atoms with Gasteiger partial charge in [0.05, 0.1) is 18.0 Å². The van der Waals surface area contributed by atoms with Gasteiger partial charge in [0.15, 0.2) is 23.0 Å². The Kier molecular flexibility index (Phi) is 5.33. The van der Waals surface area contributed by atoms with Gasteiger partial charge in [-0.3, -0.25) is 9.10 Å². The molecule has 2 aliphatic heterocycles. The molecule has 0 aliphatic carbocycles. The molecule has 2 aliphatic rings. The van der Waals surface area contributed by atoms with Crippen LogP contribution in [0.15, 0.2) is 36.4 Å². The normalized spacial score (nSPS) is 15.4. The van der Waals surface area contributed by atoms with E-state index >= 15 is 0 Å². The molecule has 10 heteroatoms. The molecule has 1 N–H and O–H groups in total. The summed E-state index contributed by atoms with van der Waals surface area (Å²) in [5, 5.41) is 2.83. The number of amides is 1. The lowest BCUT2D eigenvalue weighted by molar-refractivity contribution is -0.120. The Bertz CT molecular complexity index is 1070. The van der Waals surface area contributed by atoms with Crippen molar-refractivity contribution < 1.29 is 32.2 Å². The molecule has 1 atom stereocenters. The van der Waals surface area contributed by atoms with E-state index in [4.69, 9.17) is 18.9 Å². The molecule has 0 saturated carbocycles. The molecule has 4 rings (SSSR count). The molecule has 160 valence electrons. The molecule has 0 unspecified atom stereocenters. The molecule has 30 heavy (non-hydrogen) atoms. The number of carbonyl (C=O) groups excluding carboxylic acids is 1. The first kappa shape index (κ1) is 20.1. The van der Waals surface area contributed by atoms with Crippen LogP contribution in [0, 0.1) is 0 Å². The molecule has 1 amide bonds. The Morgan fingerprint density at radius 1 is 1.00 bits per heavy atom. The predicted octanol–water partition coefficient (Wildman–Crippen LogP) is 1.83. The molecular formula is C20H22N2O7S. The van der Waals surface area contributed by atoms with E-state index in [2.05, 4.69) is 5.32 Å². The van der Waals surface area contributed by atoms with Crippen molar-refractivity contribution in [1.82, 2.24) is 5.32 Å². The van der Waals surface area contributed by atoms with E-state index in [-0.39, 0.29) is 19.4 Å². The lowest BCUT2D eigenvalue weighted by Gasteiger charge is -2.24. The maximum Gasteiger partial charge on any atom is 0.241 e. The third kappa shape index (κ3) is 4.23. The van der Waals surface area contributed by atoms with Crippen molar-refractivity contribution in [2.24, 2.45) is 0 Å². The van der Waals surface area contributed by atoms with Crippen molar-refractivity contribution in [2.45, 2.75) is 13.0 Å². The van der Waals surface area contributed by atoms with Crippen molar-refractivity contribution in [3.05, 3.63) is 42.0 Å². The number of rotatable bonds is 6. The zero-order valence-electron chi connectivity index (χ0n) is 16.6. The van der Waals surface area contributed by atoms with E-state index in [1.165, 1.54) is 0 Å². The zero-order chi connectivity index (χ0) is 21.3. The van der Waals surface area contributed by atoms with Crippen molar-refractivity contribution in [3.8, 4) is 23.0 Å². The van der Waals surface area contributed by atoms with Gasteiger partial charge in [-0.1, -0.05) is 6.07 Å². The van der Waals surface area contributed by atoms with Gasteiger partial charge in [-0.05, 0) is 36.8 Å². The van der Waals surface area contributed by atoms with E-state index < -0.39 is 15.9 Å². The fourth-order valence-electron chi connectivity index (χ4n) is 3.27. The first-order chi connectivity index (χ1) is 14.3. The summed E-state index contributed by atoms with van der Waals surface area (Å²) in [6.45, 7) is 2.49. The molecule has 2 aromatic carbocycles. The Hall–Kier alpha value is -3.14. The van der Waals surface area contributed by atoms with Crippen LogP contribution in [0.1, 0.15) is 18.5 Å². The van der Waals surface area contributed by atoms with Gasteiger partial charge in [-0.2, -0.15) is 0 Å². The highest BCUT2D eigenvalue weighted by Gasteiger charge is 2.25. The molecule has 2 aromatic rings. The average Bonchev–Trinajstić information content (AvgIpc) is 3.18. The van der Waals surface area contributed by atoms with E-state index in [9.17, 15) is 13.2 Å². The smallest absolute Gasteiger partial charge is 0.241 e. The standard InChI is InChI=1S/C20H22N2O7S/c1-13(14-3-5-16-18(9-14)27-8-7-26-16)21-20(23)11-22(30(2,24)25)15-4-6-17-19(10-15)29-12-28-17/h3-6,9-10,13H,7-8,11-12H2,1-2H3,(H,21,23)/t13-/m0/s1. The van der Waals surface area contributed by atoms with E-state index in [0.29, 0.717) is 41.9 Å². The maximum atomic E-state index is 12.7. The van der Waals surface area contributed by atoms with Crippen LogP contribution in [-0.2, 0) is 14.8 Å². The topological polar surface area (TPSA) is 103 Å². The van der Waals surface area contributed by atoms with Gasteiger partial charge in [-0.25, -0.2) is 8.42 Å². The van der Waals surface area contributed by atoms with Crippen LogP contribution >= 0.6 is 0 Å². The number of nitrogens with zero attached hydrogens (tertiary/aromatic N) is 1. The second-order valence-electron chi connectivity index (χ2n) is 7.00. The first-order valence-corrected chi connectivity index (χ1v) is 11.2. The number of nitrogens with one attached hydrogen (secondary N) is 1. The molecule has 9 nitrogen and oxygen atoms in total. The fraction of sp³-hybridized carbons (Fsp3) is 0.350. The maximum absolute atomic E-state index is 12.7. The predicted molar refractivity (Wildman–Crippen MR) is 109 cm³/mol. The van der Waals surface area contributed by atoms with Gasteiger partial charge in [0.1, 0.15) is 19.8 Å². The molecule has 0 aromatic heterocycles. The second-order valence-corrected chi connectivity index (χ2v) is 8.91. The van der Waals surface area contributed by atoms with E-state index in [0.717, 1.165) is 16.1 Å². The van der Waals surface area contributed by atoms with Gasteiger partial charge in [0.25, 0.3) is 0 Å². The lowest BCUT2D eigenvalue weighted by Crippen LogP contribution is -2.41. The van der Waals surface area contributed by atoms with E-state index in [1.807, 2.05) is 19.1 Å². The minimum atomic E-state index is -3.70. The first-order valence-electron chi connectivity index (χ1n) is 9.37. The van der Waals surface area contributed by atoms with Gasteiger partial charge in [0.2, 0.25) is 22.7 Å². The summed E-state index contributed by atoms with van der Waals surface area (Å²) in [5.41, 5.74) is 1.14. The molecular weight excluding hydrogens is 412 g/mol. The van der Waals surface area contributed by atoms with Gasteiger partial charge >= 0.3 is 0 Å². The van der Waals surface area contributed by atoms with Crippen LogP contribution in [-0.4, -0.2) is 47.1 Å². The Morgan fingerprint density at radius 3 is 2.40 bits per heavy atom. The van der Waals surface area contributed by atoms with Crippen LogP contribution in [0.25, 0.3) is 0 Å². The summed E-state index contributed by atoms with van der Waals surface area (Å²) >= 11 is 0. The quantitative estimate of drug-likeness (QED) is 0.740. The largest absolute Gasteiger partial charge is 0.486 e. The van der Waals surface area contributed by atoms with Crippen LogP contribution in [0.5, 0.6) is 23.0 Å². The summed E-state index contributed by atoms with van der Waals surface area (Å²) in [4.78, 5) is 12.7. The highest BCUT2D eigenvalue weighted by atomic mass is 32.2. The van der Waals surface area contributed by atoms with Gasteiger partial charge < -0.3 is 24.3 Å². The monoisotopic (exact) mass is 434 g/mol. The van der Waals surface area contributed by atoms with Crippen molar-refractivity contribution in [2.75, 3.05) is 37.1 Å². The van der Waals surface area contributed by atoms with Crippen molar-refractivity contribution >= 4 is 21.6 Å². The summed E-state index contributed by atoms with van der Waals surface area (Å²) in [5.74, 6) is 1.81. The highest BCUT2D eigenvalue weighted by molar-refractivity contribution is 7.92. The number of carbonyl (C=O) groups is 1. The molecule has 2 heterocycles. The minimum Gasteiger partial charge on any atom is -0.486 e. The van der Waals surface area contributed by atoms with Gasteiger partial charge in [-0.15, -0.1) is 0 Å². The fourth-order valence-corrected chi connectivity index (χ4v) is 4.12. The summed E-state index contributed by atoms with van der Waals surface area (Å²) in [7, 11) is -3.70. The number of sulfonamides is 1. The number of anilines is 1. The van der Waals surface area contributed by atoms with Crippen molar-refractivity contribution in [3.63, 3.8) is 0 Å². The van der Waals surface area contributed by atoms with Gasteiger partial charge in [0, 0.05) is 6.07 Å². The second kappa shape index (κ2) is 7.94. The Labute approximate surface area is 174 Å². The minimum absolute atomic E-state index is 0.0746. The number of fused-ring (bicyclic) bond motifs is 2. The zero-order valence-corrected chi connectivity index (χ0v) is 17.4. The third-order valence-electron chi connectivity index (χ3n) is 4.78. The van der Waals surface area contributed by atoms with E-state index in [1.54, 1.807) is 24.3 Å². The molecule has 0 fully saturated rings. The molecule has 0 saturated heterocycles. The number of ether oxygens (including phenoxy) is 4. The molecule has 0 bridgehead atoms. The lowest BCUT2D eigenvalue weighted by atomic mass is 10.1. The highest BCUT2D eigenvalue weighted by Crippen LogP contribution is 2.36. The Balaban J connectivity index is 1.48. The Morgan fingerprint density at radius 2 is 1.63 bits per heavy atom. The number of hydrogen-bond acceptors (Lipinski definition) is 7. The summed E-state index contributed by atoms with van der Waals surface area (Å²) in [6.07, 6.45) is 1.05. The average molecular weight is 434 g/mol.